The molecule has 1 atom stereocenters. The van der Waals surface area contributed by atoms with Crippen molar-refractivity contribution in [2.75, 3.05) is 13.2 Å². The lowest BCUT2D eigenvalue weighted by molar-refractivity contribution is -0.150. The van der Waals surface area contributed by atoms with Gasteiger partial charge in [0, 0.05) is 6.42 Å². The van der Waals surface area contributed by atoms with Crippen molar-refractivity contribution >= 4 is 0 Å². The average molecular weight is 200 g/mol. The molecule has 3 nitrogen and oxygen atoms in total. The van der Waals surface area contributed by atoms with Crippen molar-refractivity contribution in [3.8, 4) is 0 Å². The highest BCUT2D eigenvalue weighted by Gasteiger charge is 2.30. The highest BCUT2D eigenvalue weighted by molar-refractivity contribution is 4.88. The van der Waals surface area contributed by atoms with Gasteiger partial charge in [-0.2, -0.15) is 0 Å². The normalized spacial score (nSPS) is 23.1. The van der Waals surface area contributed by atoms with Gasteiger partial charge in [0.25, 0.3) is 0 Å². The van der Waals surface area contributed by atoms with Gasteiger partial charge in [-0.1, -0.05) is 19.1 Å². The summed E-state index contributed by atoms with van der Waals surface area (Å²) in [5, 5.41) is 9.56. The van der Waals surface area contributed by atoms with Crippen LogP contribution < -0.4 is 0 Å². The van der Waals surface area contributed by atoms with E-state index in [1.807, 2.05) is 26.0 Å². The molecule has 0 spiro atoms. The first kappa shape index (κ1) is 11.7. The van der Waals surface area contributed by atoms with Crippen molar-refractivity contribution in [2.45, 2.75) is 45.0 Å². The molecule has 1 fully saturated rings. The van der Waals surface area contributed by atoms with Crippen molar-refractivity contribution < 1.29 is 14.6 Å². The largest absolute Gasteiger partial charge is 0.389 e. The lowest BCUT2D eigenvalue weighted by atomic mass is 10.1. The minimum atomic E-state index is -0.471. The van der Waals surface area contributed by atoms with Crippen LogP contribution >= 0.6 is 0 Å². The summed E-state index contributed by atoms with van der Waals surface area (Å²) in [5.41, 5.74) is 0. The summed E-state index contributed by atoms with van der Waals surface area (Å²) in [4.78, 5) is 0. The van der Waals surface area contributed by atoms with Crippen LogP contribution in [0.25, 0.3) is 0 Å². The van der Waals surface area contributed by atoms with Crippen LogP contribution in [0.3, 0.4) is 0 Å². The minimum Gasteiger partial charge on any atom is -0.389 e. The molecule has 0 aromatic carbocycles. The van der Waals surface area contributed by atoms with Crippen molar-refractivity contribution in [3.63, 3.8) is 0 Å². The summed E-state index contributed by atoms with van der Waals surface area (Å²) >= 11 is 0. The number of rotatable bonds is 5. The van der Waals surface area contributed by atoms with Gasteiger partial charge in [0.05, 0.1) is 19.3 Å². The fourth-order valence-electron chi connectivity index (χ4n) is 1.50. The summed E-state index contributed by atoms with van der Waals surface area (Å²) < 4.78 is 10.9. The minimum absolute atomic E-state index is 0.375. The molecule has 0 bridgehead atoms. The molecule has 14 heavy (non-hydrogen) atoms. The second-order valence-corrected chi connectivity index (χ2v) is 3.77. The molecule has 0 aromatic rings. The third kappa shape index (κ3) is 3.78. The van der Waals surface area contributed by atoms with Gasteiger partial charge in [-0.3, -0.25) is 0 Å². The highest BCUT2D eigenvalue weighted by Crippen LogP contribution is 2.24. The smallest absolute Gasteiger partial charge is 0.165 e. The van der Waals surface area contributed by atoms with Gasteiger partial charge in [-0.25, -0.2) is 0 Å². The molecular weight excluding hydrogens is 180 g/mol. The predicted molar refractivity (Wildman–Crippen MR) is 55.0 cm³/mol. The Kier molecular flexibility index (Phi) is 4.58. The van der Waals surface area contributed by atoms with Gasteiger partial charge in [0.2, 0.25) is 0 Å². The maximum atomic E-state index is 9.56. The van der Waals surface area contributed by atoms with Crippen molar-refractivity contribution in [2.24, 2.45) is 0 Å². The third-order valence-corrected chi connectivity index (χ3v) is 2.39. The molecular formula is C11H20O3. The van der Waals surface area contributed by atoms with Crippen LogP contribution in [0.4, 0.5) is 0 Å². The second kappa shape index (κ2) is 5.49. The van der Waals surface area contributed by atoms with E-state index >= 15 is 0 Å². The van der Waals surface area contributed by atoms with Crippen molar-refractivity contribution in [3.05, 3.63) is 12.2 Å². The standard InChI is InChI=1S/C11H20O3/c1-3-4-5-10(12)6-7-11(2)13-8-9-14-11/h4-5,10,12H,3,6-9H2,1-2H3/b5-4+. The molecule has 1 N–H and O–H groups in total. The molecule has 1 saturated heterocycles. The van der Waals surface area contributed by atoms with Crippen molar-refractivity contribution in [1.29, 1.82) is 0 Å². The first-order chi connectivity index (χ1) is 6.66. The first-order valence-electron chi connectivity index (χ1n) is 5.29. The Morgan fingerprint density at radius 2 is 2.07 bits per heavy atom. The Hall–Kier alpha value is -0.380. The maximum Gasteiger partial charge on any atom is 0.165 e. The molecule has 1 aliphatic rings. The summed E-state index contributed by atoms with van der Waals surface area (Å²) in [5.74, 6) is -0.471. The van der Waals surface area contributed by atoms with Crippen LogP contribution in [0.15, 0.2) is 12.2 Å². The first-order valence-corrected chi connectivity index (χ1v) is 5.29. The van der Waals surface area contributed by atoms with Crippen LogP contribution in [0, 0.1) is 0 Å². The van der Waals surface area contributed by atoms with E-state index in [4.69, 9.17) is 9.47 Å². The zero-order valence-corrected chi connectivity index (χ0v) is 9.03. The SMILES string of the molecule is CC/C=C/C(O)CCC1(C)OCCO1. The van der Waals surface area contributed by atoms with E-state index in [1.54, 1.807) is 0 Å². The van der Waals surface area contributed by atoms with Gasteiger partial charge >= 0.3 is 0 Å². The monoisotopic (exact) mass is 200 g/mol. The van der Waals surface area contributed by atoms with E-state index in [2.05, 4.69) is 0 Å². The van der Waals surface area contributed by atoms with Crippen LogP contribution in [0.2, 0.25) is 0 Å². The number of allylic oxidation sites excluding steroid dienone is 1. The van der Waals surface area contributed by atoms with Crippen LogP contribution in [-0.4, -0.2) is 30.2 Å². The topological polar surface area (TPSA) is 38.7 Å². The second-order valence-electron chi connectivity index (χ2n) is 3.77. The molecule has 0 aromatic heterocycles. The number of aliphatic hydroxyl groups excluding tert-OH is 1. The van der Waals surface area contributed by atoms with Crippen LogP contribution in [0.1, 0.15) is 33.1 Å². The summed E-state index contributed by atoms with van der Waals surface area (Å²) in [6.07, 6.45) is 5.82. The van der Waals surface area contributed by atoms with Gasteiger partial charge in [0.15, 0.2) is 5.79 Å². The summed E-state index contributed by atoms with van der Waals surface area (Å²) in [6.45, 7) is 5.30. The van der Waals surface area contributed by atoms with E-state index in [9.17, 15) is 5.11 Å². The quantitative estimate of drug-likeness (QED) is 0.688. The fraction of sp³-hybridized carbons (Fsp3) is 0.818. The van der Waals surface area contributed by atoms with Gasteiger partial charge < -0.3 is 14.6 Å². The molecule has 3 heteroatoms. The number of hydrogen-bond donors (Lipinski definition) is 1. The molecule has 0 radical (unpaired) electrons. The molecule has 0 saturated carbocycles. The highest BCUT2D eigenvalue weighted by atomic mass is 16.7. The zero-order chi connectivity index (χ0) is 10.4. The van der Waals surface area contributed by atoms with Gasteiger partial charge in [0.1, 0.15) is 0 Å². The van der Waals surface area contributed by atoms with E-state index in [0.717, 1.165) is 12.8 Å². The Bertz CT molecular complexity index is 183. The average Bonchev–Trinajstić information content (AvgIpc) is 2.60. The van der Waals surface area contributed by atoms with E-state index in [-0.39, 0.29) is 6.10 Å². The lowest BCUT2D eigenvalue weighted by Crippen LogP contribution is -2.26. The lowest BCUT2D eigenvalue weighted by Gasteiger charge is -2.22. The van der Waals surface area contributed by atoms with E-state index in [1.165, 1.54) is 0 Å². The molecule has 0 aliphatic carbocycles. The number of hydrogen-bond acceptors (Lipinski definition) is 3. The Balaban J connectivity index is 2.21. The van der Waals surface area contributed by atoms with Crippen LogP contribution in [-0.2, 0) is 9.47 Å². The Morgan fingerprint density at radius 3 is 2.64 bits per heavy atom. The predicted octanol–water partition coefficient (Wildman–Crippen LogP) is 1.86. The summed E-state index contributed by atoms with van der Waals surface area (Å²) in [6, 6.07) is 0. The maximum absolute atomic E-state index is 9.56. The van der Waals surface area contributed by atoms with E-state index < -0.39 is 5.79 Å². The number of ether oxygens (including phenoxy) is 2. The molecule has 1 heterocycles. The molecule has 1 unspecified atom stereocenters. The van der Waals surface area contributed by atoms with Gasteiger partial charge in [-0.05, 0) is 19.8 Å². The Morgan fingerprint density at radius 1 is 1.43 bits per heavy atom. The fourth-order valence-corrected chi connectivity index (χ4v) is 1.50. The third-order valence-electron chi connectivity index (χ3n) is 2.39. The Labute approximate surface area is 85.7 Å². The molecule has 0 amide bonds. The molecule has 1 rings (SSSR count). The summed E-state index contributed by atoms with van der Waals surface area (Å²) in [7, 11) is 0. The van der Waals surface area contributed by atoms with Crippen molar-refractivity contribution in [1.82, 2.24) is 0 Å². The van der Waals surface area contributed by atoms with E-state index in [0.29, 0.717) is 19.6 Å². The zero-order valence-electron chi connectivity index (χ0n) is 9.03. The number of aliphatic hydroxyl groups is 1. The molecule has 82 valence electrons. The van der Waals surface area contributed by atoms with Crippen LogP contribution in [0.5, 0.6) is 0 Å². The van der Waals surface area contributed by atoms with Gasteiger partial charge in [-0.15, -0.1) is 0 Å². The molecule has 1 aliphatic heterocycles.